The zero-order chi connectivity index (χ0) is 27.3. The summed E-state index contributed by atoms with van der Waals surface area (Å²) in [7, 11) is 0. The normalized spacial score (nSPS) is 16.6. The molecule has 3 aromatic heterocycles. The number of hydrogen-bond donors (Lipinski definition) is 1. The molecule has 0 bridgehead atoms. The van der Waals surface area contributed by atoms with Crippen LogP contribution in [0.3, 0.4) is 0 Å². The number of fused-ring (bicyclic) bond motifs is 1. The molecule has 202 valence electrons. The summed E-state index contributed by atoms with van der Waals surface area (Å²) in [6.45, 7) is 8.75. The van der Waals surface area contributed by atoms with E-state index < -0.39 is 11.6 Å². The second-order valence-corrected chi connectivity index (χ2v) is 10.7. The van der Waals surface area contributed by atoms with Crippen LogP contribution in [-0.4, -0.2) is 61.6 Å². The van der Waals surface area contributed by atoms with E-state index in [1.165, 1.54) is 12.3 Å². The van der Waals surface area contributed by atoms with Gasteiger partial charge in [0, 0.05) is 36.3 Å². The lowest BCUT2D eigenvalue weighted by Gasteiger charge is -2.47. The van der Waals surface area contributed by atoms with Crippen LogP contribution in [0.15, 0.2) is 36.7 Å². The van der Waals surface area contributed by atoms with Crippen LogP contribution < -0.4 is 5.32 Å². The van der Waals surface area contributed by atoms with E-state index in [9.17, 15) is 13.6 Å². The number of likely N-dealkylation sites (tertiary alicyclic amines) is 1. The van der Waals surface area contributed by atoms with Gasteiger partial charge < -0.3 is 19.5 Å². The number of carbonyl (C=O) groups excluding carboxylic acids is 1. The van der Waals surface area contributed by atoms with Gasteiger partial charge in [-0.15, -0.1) is 0 Å². The Balaban J connectivity index is 1.21. The fourth-order valence-electron chi connectivity index (χ4n) is 5.44. The lowest BCUT2D eigenvalue weighted by atomic mass is 9.77. The summed E-state index contributed by atoms with van der Waals surface area (Å²) in [5, 5.41) is 2.95. The van der Waals surface area contributed by atoms with Gasteiger partial charge in [0.25, 0.3) is 5.91 Å². The van der Waals surface area contributed by atoms with Crippen LogP contribution in [-0.2, 0) is 4.74 Å². The molecule has 2 fully saturated rings. The molecule has 11 heteroatoms. The number of rotatable bonds is 5. The highest BCUT2D eigenvalue weighted by Crippen LogP contribution is 2.38. The molecule has 4 aromatic rings. The highest BCUT2D eigenvalue weighted by atomic mass is 19.1. The Bertz CT molecular complexity index is 1550. The SMILES string of the molecule is Cc1nc2c(F)cc(-c3nc(Nc4ccc(C(=O)N5CCC6(CC5)COC6)cn4)ncc3F)cc2n1C(C)C. The number of piperidine rings is 1. The average molecular weight is 534 g/mol. The van der Waals surface area contributed by atoms with Gasteiger partial charge in [-0.05, 0) is 57.9 Å². The van der Waals surface area contributed by atoms with Gasteiger partial charge in [0.05, 0.1) is 30.5 Å². The van der Waals surface area contributed by atoms with E-state index in [-0.39, 0.29) is 40.1 Å². The number of aryl methyl sites for hydroxylation is 1. The number of carbonyl (C=O) groups is 1. The second kappa shape index (κ2) is 9.64. The van der Waals surface area contributed by atoms with E-state index in [0.717, 1.165) is 32.3 Å². The molecule has 39 heavy (non-hydrogen) atoms. The summed E-state index contributed by atoms with van der Waals surface area (Å²) in [5.41, 5.74) is 1.77. The molecule has 6 rings (SSSR count). The number of hydrogen-bond acceptors (Lipinski definition) is 7. The van der Waals surface area contributed by atoms with Crippen LogP contribution >= 0.6 is 0 Å². The minimum absolute atomic E-state index is 0.0435. The third-order valence-corrected chi connectivity index (χ3v) is 7.64. The van der Waals surface area contributed by atoms with Crippen molar-refractivity contribution in [1.29, 1.82) is 0 Å². The predicted octanol–water partition coefficient (Wildman–Crippen LogP) is 5.05. The number of ether oxygens (including phenoxy) is 1. The molecular weight excluding hydrogens is 504 g/mol. The molecular formula is C28H29F2N7O2. The molecule has 2 aliphatic heterocycles. The molecule has 5 heterocycles. The van der Waals surface area contributed by atoms with Gasteiger partial charge in [0.15, 0.2) is 11.6 Å². The quantitative estimate of drug-likeness (QED) is 0.383. The van der Waals surface area contributed by atoms with Crippen molar-refractivity contribution < 1.29 is 18.3 Å². The Morgan fingerprint density at radius 1 is 1.05 bits per heavy atom. The Morgan fingerprint density at radius 3 is 2.46 bits per heavy atom. The van der Waals surface area contributed by atoms with Crippen molar-refractivity contribution in [1.82, 2.24) is 29.4 Å². The number of halogens is 2. The van der Waals surface area contributed by atoms with Gasteiger partial charge in [-0.2, -0.15) is 0 Å². The third kappa shape index (κ3) is 4.60. The summed E-state index contributed by atoms with van der Waals surface area (Å²) >= 11 is 0. The van der Waals surface area contributed by atoms with Crippen LogP contribution in [0.1, 0.15) is 48.9 Å². The van der Waals surface area contributed by atoms with Crippen LogP contribution in [0.4, 0.5) is 20.5 Å². The van der Waals surface area contributed by atoms with Crippen molar-refractivity contribution >= 4 is 28.7 Å². The maximum absolute atomic E-state index is 15.0. The molecule has 1 N–H and O–H groups in total. The van der Waals surface area contributed by atoms with Crippen LogP contribution in [0.5, 0.6) is 0 Å². The summed E-state index contributed by atoms with van der Waals surface area (Å²) in [6, 6.07) is 6.31. The van der Waals surface area contributed by atoms with E-state index in [1.54, 1.807) is 18.2 Å². The molecule has 2 saturated heterocycles. The molecule has 1 spiro atoms. The van der Waals surface area contributed by atoms with Crippen molar-refractivity contribution in [2.24, 2.45) is 5.41 Å². The number of anilines is 2. The molecule has 2 aliphatic rings. The fraction of sp³-hybridized carbons (Fsp3) is 0.393. The summed E-state index contributed by atoms with van der Waals surface area (Å²) in [5.74, 6) is -0.134. The van der Waals surface area contributed by atoms with Crippen molar-refractivity contribution in [2.75, 3.05) is 31.6 Å². The molecule has 0 unspecified atom stereocenters. The van der Waals surface area contributed by atoms with Crippen LogP contribution in [0, 0.1) is 24.0 Å². The van der Waals surface area contributed by atoms with Crippen LogP contribution in [0.25, 0.3) is 22.3 Å². The Morgan fingerprint density at radius 2 is 1.82 bits per heavy atom. The van der Waals surface area contributed by atoms with E-state index in [1.807, 2.05) is 30.2 Å². The fourth-order valence-corrected chi connectivity index (χ4v) is 5.44. The second-order valence-electron chi connectivity index (χ2n) is 10.7. The first-order valence-electron chi connectivity index (χ1n) is 13.0. The number of benzene rings is 1. The van der Waals surface area contributed by atoms with E-state index in [0.29, 0.717) is 35.8 Å². The number of aromatic nitrogens is 5. The zero-order valence-corrected chi connectivity index (χ0v) is 22.0. The lowest BCUT2D eigenvalue weighted by molar-refractivity contribution is -0.136. The van der Waals surface area contributed by atoms with E-state index >= 15 is 0 Å². The summed E-state index contributed by atoms with van der Waals surface area (Å²) in [6.07, 6.45) is 4.44. The monoisotopic (exact) mass is 533 g/mol. The van der Waals surface area contributed by atoms with E-state index in [4.69, 9.17) is 4.74 Å². The minimum Gasteiger partial charge on any atom is -0.380 e. The number of nitrogens with one attached hydrogen (secondary N) is 1. The molecule has 1 aromatic carbocycles. The average Bonchev–Trinajstić information content (AvgIpc) is 3.25. The first-order valence-corrected chi connectivity index (χ1v) is 13.0. The van der Waals surface area contributed by atoms with Gasteiger partial charge in [-0.1, -0.05) is 0 Å². The van der Waals surface area contributed by atoms with E-state index in [2.05, 4.69) is 25.3 Å². The number of amides is 1. The van der Waals surface area contributed by atoms with Gasteiger partial charge in [-0.25, -0.2) is 28.7 Å². The van der Waals surface area contributed by atoms with Crippen molar-refractivity contribution in [3.63, 3.8) is 0 Å². The third-order valence-electron chi connectivity index (χ3n) is 7.64. The minimum atomic E-state index is -0.683. The Kier molecular flexibility index (Phi) is 6.25. The largest absolute Gasteiger partial charge is 0.380 e. The predicted molar refractivity (Wildman–Crippen MR) is 142 cm³/mol. The molecule has 1 amide bonds. The molecule has 0 aliphatic carbocycles. The first-order chi connectivity index (χ1) is 18.7. The van der Waals surface area contributed by atoms with Gasteiger partial charge in [0.2, 0.25) is 5.95 Å². The van der Waals surface area contributed by atoms with Gasteiger partial charge >= 0.3 is 0 Å². The molecule has 0 saturated carbocycles. The summed E-state index contributed by atoms with van der Waals surface area (Å²) in [4.78, 5) is 31.8. The van der Waals surface area contributed by atoms with Gasteiger partial charge in [-0.3, -0.25) is 4.79 Å². The highest BCUT2D eigenvalue weighted by Gasteiger charge is 2.42. The van der Waals surface area contributed by atoms with Crippen molar-refractivity contribution in [3.05, 3.63) is 59.7 Å². The zero-order valence-electron chi connectivity index (χ0n) is 22.0. The maximum atomic E-state index is 15.0. The van der Waals surface area contributed by atoms with Crippen molar-refractivity contribution in [3.8, 4) is 11.3 Å². The first kappa shape index (κ1) is 25.3. The number of imidazole rings is 1. The smallest absolute Gasteiger partial charge is 0.255 e. The number of pyridine rings is 1. The Hall–Kier alpha value is -3.99. The van der Waals surface area contributed by atoms with Gasteiger partial charge in [0.1, 0.15) is 22.9 Å². The lowest BCUT2D eigenvalue weighted by Crippen LogP contribution is -2.52. The topological polar surface area (TPSA) is 98.1 Å². The molecule has 9 nitrogen and oxygen atoms in total. The standard InChI is InChI=1S/C28H29F2N7O2/c1-16(2)37-17(3)33-25-20(29)10-19(11-22(25)37)24-21(30)13-32-27(35-24)34-23-5-4-18(12-31-23)26(38)36-8-6-28(7-9-36)14-39-15-28/h4-5,10-13,16H,6-9,14-15H2,1-3H3,(H,31,32,34,35). The highest BCUT2D eigenvalue weighted by molar-refractivity contribution is 5.94. The van der Waals surface area contributed by atoms with Crippen LogP contribution in [0.2, 0.25) is 0 Å². The number of nitrogens with zero attached hydrogens (tertiary/aromatic N) is 6. The molecule has 0 atom stereocenters. The Labute approximate surface area is 224 Å². The summed E-state index contributed by atoms with van der Waals surface area (Å²) < 4.78 is 37.0. The molecule has 0 radical (unpaired) electrons. The maximum Gasteiger partial charge on any atom is 0.255 e. The van der Waals surface area contributed by atoms with Crippen molar-refractivity contribution in [2.45, 2.75) is 39.7 Å².